The van der Waals surface area contributed by atoms with Crippen LogP contribution in [0.4, 0.5) is 0 Å². The van der Waals surface area contributed by atoms with Gasteiger partial charge in [-0.2, -0.15) is 0 Å². The van der Waals surface area contributed by atoms with E-state index < -0.39 is 0 Å². The largest absolute Gasteiger partial charge is 0.292 e. The molecule has 0 bridgehead atoms. The summed E-state index contributed by atoms with van der Waals surface area (Å²) in [5, 5.41) is 2.39. The molecule has 3 nitrogen and oxygen atoms in total. The molecule has 0 radical (unpaired) electrons. The lowest BCUT2D eigenvalue weighted by molar-refractivity contribution is -0.124. The van der Waals surface area contributed by atoms with Gasteiger partial charge in [0.2, 0.25) is 5.91 Å². The van der Waals surface area contributed by atoms with E-state index in [-0.39, 0.29) is 11.8 Å². The Morgan fingerprint density at radius 1 is 1.25 bits per heavy atom. The lowest BCUT2D eigenvalue weighted by Crippen LogP contribution is -2.22. The first-order valence-electron chi connectivity index (χ1n) is 6.15. The average Bonchev–Trinajstić information content (AvgIpc) is 2.57. The van der Waals surface area contributed by atoms with Gasteiger partial charge in [0.05, 0.1) is 6.42 Å². The number of hydrogen-bond donors (Lipinski definition) is 1. The van der Waals surface area contributed by atoms with Gasteiger partial charge in [0, 0.05) is 5.57 Å². The molecule has 2 fully saturated rings. The number of amides is 2. The van der Waals surface area contributed by atoms with Crippen LogP contribution in [-0.4, -0.2) is 11.8 Å². The summed E-state index contributed by atoms with van der Waals surface area (Å²) in [5.74, 6) is 0.778. The van der Waals surface area contributed by atoms with E-state index in [2.05, 4.69) is 19.2 Å². The fourth-order valence-electron chi connectivity index (χ4n) is 2.90. The highest BCUT2D eigenvalue weighted by Crippen LogP contribution is 2.37. The monoisotopic (exact) mass is 221 g/mol. The van der Waals surface area contributed by atoms with Crippen LogP contribution in [0.1, 0.15) is 46.0 Å². The van der Waals surface area contributed by atoms with Crippen molar-refractivity contribution in [2.75, 3.05) is 0 Å². The predicted octanol–water partition coefficient (Wildman–Crippen LogP) is 2.18. The summed E-state index contributed by atoms with van der Waals surface area (Å²) in [6.07, 6.45) is 4.87. The van der Waals surface area contributed by atoms with Crippen LogP contribution >= 0.6 is 0 Å². The van der Waals surface area contributed by atoms with E-state index in [9.17, 15) is 9.59 Å². The molecule has 88 valence electrons. The van der Waals surface area contributed by atoms with E-state index in [0.717, 1.165) is 24.8 Å². The molecule has 1 aliphatic heterocycles. The number of rotatable bonds is 1. The van der Waals surface area contributed by atoms with Crippen LogP contribution in [0.3, 0.4) is 0 Å². The van der Waals surface area contributed by atoms with E-state index in [4.69, 9.17) is 0 Å². The van der Waals surface area contributed by atoms with Gasteiger partial charge in [0.25, 0.3) is 5.91 Å². The molecule has 1 saturated carbocycles. The van der Waals surface area contributed by atoms with Crippen molar-refractivity contribution in [3.8, 4) is 0 Å². The van der Waals surface area contributed by atoms with Crippen molar-refractivity contribution in [3.05, 3.63) is 11.1 Å². The second-order valence-corrected chi connectivity index (χ2v) is 5.15. The Labute approximate surface area is 96.3 Å². The van der Waals surface area contributed by atoms with Crippen LogP contribution in [0.5, 0.6) is 0 Å². The lowest BCUT2D eigenvalue weighted by Gasteiger charge is -2.29. The van der Waals surface area contributed by atoms with Crippen molar-refractivity contribution in [1.29, 1.82) is 0 Å². The first-order valence-corrected chi connectivity index (χ1v) is 6.15. The molecule has 1 saturated heterocycles. The Bertz CT molecular complexity index is 355. The Morgan fingerprint density at radius 2 is 2.00 bits per heavy atom. The normalized spacial score (nSPS) is 31.1. The Hall–Kier alpha value is -1.12. The third-order valence-corrected chi connectivity index (χ3v) is 3.72. The van der Waals surface area contributed by atoms with Crippen molar-refractivity contribution < 1.29 is 9.59 Å². The maximum absolute atomic E-state index is 11.7. The summed E-state index contributed by atoms with van der Waals surface area (Å²) in [6.45, 7) is 4.40. The van der Waals surface area contributed by atoms with Crippen LogP contribution in [0.25, 0.3) is 0 Å². The summed E-state index contributed by atoms with van der Waals surface area (Å²) in [7, 11) is 0. The molecule has 0 spiro atoms. The van der Waals surface area contributed by atoms with Crippen molar-refractivity contribution in [1.82, 2.24) is 5.32 Å². The topological polar surface area (TPSA) is 46.2 Å². The standard InChI is InChI=1S/C13H19NO2/c1-8(2)9-5-3-4-6-10(9)11-7-12(15)14-13(11)16/h8-9H,3-7H2,1-2H3,(H,14,15,16). The second kappa shape index (κ2) is 4.40. The quantitative estimate of drug-likeness (QED) is 0.545. The molecule has 1 atom stereocenters. The minimum absolute atomic E-state index is 0.138. The van der Waals surface area contributed by atoms with Crippen LogP contribution in [0.2, 0.25) is 0 Å². The van der Waals surface area contributed by atoms with E-state index in [0.29, 0.717) is 18.3 Å². The smallest absolute Gasteiger partial charge is 0.254 e. The fourth-order valence-corrected chi connectivity index (χ4v) is 2.90. The lowest BCUT2D eigenvalue weighted by atomic mass is 9.75. The van der Waals surface area contributed by atoms with Crippen molar-refractivity contribution in [2.24, 2.45) is 11.8 Å². The Morgan fingerprint density at radius 3 is 2.56 bits per heavy atom. The zero-order chi connectivity index (χ0) is 11.7. The highest BCUT2D eigenvalue weighted by atomic mass is 16.2. The number of carbonyl (C=O) groups is 2. The first kappa shape index (κ1) is 11.4. The highest BCUT2D eigenvalue weighted by Gasteiger charge is 2.32. The van der Waals surface area contributed by atoms with Crippen LogP contribution in [0, 0.1) is 11.8 Å². The number of carbonyl (C=O) groups excluding carboxylic acids is 2. The van der Waals surface area contributed by atoms with Crippen molar-refractivity contribution in [2.45, 2.75) is 46.0 Å². The minimum atomic E-state index is -0.146. The molecule has 1 N–H and O–H groups in total. The van der Waals surface area contributed by atoms with Gasteiger partial charge in [-0.25, -0.2) is 0 Å². The third-order valence-electron chi connectivity index (χ3n) is 3.72. The SMILES string of the molecule is CC(C)C1CCCCC1=C1CC(=O)NC1=O. The highest BCUT2D eigenvalue weighted by molar-refractivity contribution is 6.13. The Balaban J connectivity index is 2.31. The zero-order valence-corrected chi connectivity index (χ0v) is 10.0. The molecule has 1 unspecified atom stereocenters. The molecule has 2 rings (SSSR count). The molecule has 1 aliphatic carbocycles. The van der Waals surface area contributed by atoms with Gasteiger partial charge in [-0.05, 0) is 31.1 Å². The summed E-state index contributed by atoms with van der Waals surface area (Å²) >= 11 is 0. The molecule has 2 amide bonds. The number of hydrogen-bond acceptors (Lipinski definition) is 2. The van der Waals surface area contributed by atoms with Gasteiger partial charge in [-0.1, -0.05) is 25.8 Å². The average molecular weight is 221 g/mol. The maximum Gasteiger partial charge on any atom is 0.254 e. The molecular formula is C13H19NO2. The van der Waals surface area contributed by atoms with E-state index >= 15 is 0 Å². The fraction of sp³-hybridized carbons (Fsp3) is 0.692. The molecule has 0 aromatic rings. The maximum atomic E-state index is 11.7. The molecule has 0 aromatic heterocycles. The predicted molar refractivity (Wildman–Crippen MR) is 61.6 cm³/mol. The number of nitrogens with one attached hydrogen (secondary N) is 1. The van der Waals surface area contributed by atoms with Gasteiger partial charge in [0.1, 0.15) is 0 Å². The molecule has 0 aromatic carbocycles. The minimum Gasteiger partial charge on any atom is -0.292 e. The van der Waals surface area contributed by atoms with Crippen LogP contribution in [0.15, 0.2) is 11.1 Å². The van der Waals surface area contributed by atoms with E-state index in [1.807, 2.05) is 0 Å². The molecule has 3 heteroatoms. The summed E-state index contributed by atoms with van der Waals surface area (Å²) in [6, 6.07) is 0. The van der Waals surface area contributed by atoms with E-state index in [1.165, 1.54) is 12.0 Å². The van der Waals surface area contributed by atoms with Crippen LogP contribution < -0.4 is 5.32 Å². The third kappa shape index (κ3) is 2.04. The van der Waals surface area contributed by atoms with Crippen LogP contribution in [-0.2, 0) is 9.59 Å². The van der Waals surface area contributed by atoms with E-state index in [1.54, 1.807) is 0 Å². The Kier molecular flexibility index (Phi) is 3.13. The van der Waals surface area contributed by atoms with Crippen molar-refractivity contribution >= 4 is 11.8 Å². The molecule has 16 heavy (non-hydrogen) atoms. The van der Waals surface area contributed by atoms with Gasteiger partial charge >= 0.3 is 0 Å². The second-order valence-electron chi connectivity index (χ2n) is 5.15. The molecular weight excluding hydrogens is 202 g/mol. The summed E-state index contributed by atoms with van der Waals surface area (Å²) < 4.78 is 0. The van der Waals surface area contributed by atoms with Gasteiger partial charge < -0.3 is 0 Å². The summed E-state index contributed by atoms with van der Waals surface area (Å²) in [5.41, 5.74) is 2.02. The first-order chi connectivity index (χ1) is 7.59. The number of allylic oxidation sites excluding steroid dienone is 1. The van der Waals surface area contributed by atoms with Gasteiger partial charge in [0.15, 0.2) is 0 Å². The summed E-state index contributed by atoms with van der Waals surface area (Å²) in [4.78, 5) is 22.9. The van der Waals surface area contributed by atoms with Crippen molar-refractivity contribution in [3.63, 3.8) is 0 Å². The molecule has 1 heterocycles. The van der Waals surface area contributed by atoms with Gasteiger partial charge in [-0.15, -0.1) is 0 Å². The number of imide groups is 1. The zero-order valence-electron chi connectivity index (χ0n) is 10.0. The molecule has 2 aliphatic rings. The van der Waals surface area contributed by atoms with Gasteiger partial charge in [-0.3, -0.25) is 14.9 Å².